The molecule has 0 bridgehead atoms. The summed E-state index contributed by atoms with van der Waals surface area (Å²) in [4.78, 5) is 11.7. The molecule has 0 radical (unpaired) electrons. The fourth-order valence-corrected chi connectivity index (χ4v) is 3.68. The van der Waals surface area contributed by atoms with Crippen LogP contribution in [0.3, 0.4) is 0 Å². The van der Waals surface area contributed by atoms with Crippen LogP contribution in [0.2, 0.25) is 0 Å². The van der Waals surface area contributed by atoms with E-state index in [1.54, 1.807) is 19.9 Å². The molecule has 1 fully saturated rings. The summed E-state index contributed by atoms with van der Waals surface area (Å²) in [5.41, 5.74) is -1.33. The summed E-state index contributed by atoms with van der Waals surface area (Å²) in [7, 11) is 0. The molecule has 2 aliphatic rings. The van der Waals surface area contributed by atoms with Crippen molar-refractivity contribution in [3.05, 3.63) is 11.6 Å². The van der Waals surface area contributed by atoms with Gasteiger partial charge in [-0.05, 0) is 57.6 Å². The summed E-state index contributed by atoms with van der Waals surface area (Å²) in [6, 6.07) is 0. The predicted molar refractivity (Wildman–Crippen MR) is 70.1 cm³/mol. The molecular formula is C15H24O3. The van der Waals surface area contributed by atoms with Crippen LogP contribution in [0.5, 0.6) is 0 Å². The van der Waals surface area contributed by atoms with E-state index in [1.165, 1.54) is 0 Å². The molecule has 2 rings (SSSR count). The number of hydrogen-bond acceptors (Lipinski definition) is 3. The number of ketones is 1. The van der Waals surface area contributed by atoms with Gasteiger partial charge in [0.05, 0.1) is 11.2 Å². The molecule has 3 heteroatoms. The first-order valence-corrected chi connectivity index (χ1v) is 6.75. The molecule has 0 saturated heterocycles. The van der Waals surface area contributed by atoms with Gasteiger partial charge in [0.2, 0.25) is 0 Å². The van der Waals surface area contributed by atoms with Gasteiger partial charge < -0.3 is 10.2 Å². The molecule has 0 aromatic rings. The third kappa shape index (κ3) is 1.94. The van der Waals surface area contributed by atoms with E-state index in [9.17, 15) is 15.0 Å². The van der Waals surface area contributed by atoms with Crippen molar-refractivity contribution in [3.63, 3.8) is 0 Å². The van der Waals surface area contributed by atoms with Gasteiger partial charge in [-0.25, -0.2) is 0 Å². The Hall–Kier alpha value is -0.670. The van der Waals surface area contributed by atoms with Gasteiger partial charge in [0.1, 0.15) is 0 Å². The number of allylic oxidation sites excluding steroid dienone is 1. The summed E-state index contributed by atoms with van der Waals surface area (Å²) in [5, 5.41) is 21.2. The number of carbonyl (C=O) groups excluding carboxylic acids is 1. The van der Waals surface area contributed by atoms with E-state index in [4.69, 9.17) is 0 Å². The third-order valence-electron chi connectivity index (χ3n) is 5.18. The van der Waals surface area contributed by atoms with E-state index >= 15 is 0 Å². The SMILES string of the molecule is CC1=CC(=O)C[C@]2(C)CC[C@@H](C(C)(C)O)C[C@@]12O. The number of aliphatic hydroxyl groups is 2. The zero-order valence-electron chi connectivity index (χ0n) is 11.8. The number of fused-ring (bicyclic) bond motifs is 1. The second-order valence-electron chi connectivity index (χ2n) is 6.98. The van der Waals surface area contributed by atoms with Crippen molar-refractivity contribution in [3.8, 4) is 0 Å². The maximum atomic E-state index is 11.7. The quantitative estimate of drug-likeness (QED) is 0.752. The Kier molecular flexibility index (Phi) is 2.99. The van der Waals surface area contributed by atoms with Crippen LogP contribution < -0.4 is 0 Å². The van der Waals surface area contributed by atoms with E-state index in [0.29, 0.717) is 12.8 Å². The van der Waals surface area contributed by atoms with Gasteiger partial charge in [0.15, 0.2) is 5.78 Å². The predicted octanol–water partition coefficient (Wildman–Crippen LogP) is 2.21. The molecule has 3 atom stereocenters. The third-order valence-corrected chi connectivity index (χ3v) is 5.18. The molecule has 0 aliphatic heterocycles. The fourth-order valence-electron chi connectivity index (χ4n) is 3.68. The van der Waals surface area contributed by atoms with E-state index in [2.05, 4.69) is 0 Å². The van der Waals surface area contributed by atoms with Crippen LogP contribution in [0.4, 0.5) is 0 Å². The fraction of sp³-hybridized carbons (Fsp3) is 0.800. The molecule has 0 unspecified atom stereocenters. The van der Waals surface area contributed by atoms with Crippen LogP contribution in [0.15, 0.2) is 11.6 Å². The average Bonchev–Trinajstić information content (AvgIpc) is 2.18. The molecule has 3 nitrogen and oxygen atoms in total. The molecule has 0 aromatic heterocycles. The average molecular weight is 252 g/mol. The minimum absolute atomic E-state index is 0.0760. The normalized spacial score (nSPS) is 41.3. The van der Waals surface area contributed by atoms with Gasteiger partial charge in [-0.2, -0.15) is 0 Å². The van der Waals surface area contributed by atoms with Gasteiger partial charge in [-0.15, -0.1) is 0 Å². The van der Waals surface area contributed by atoms with Crippen LogP contribution in [0.25, 0.3) is 0 Å². The van der Waals surface area contributed by atoms with Crippen molar-refractivity contribution in [2.75, 3.05) is 0 Å². The summed E-state index contributed by atoms with van der Waals surface area (Å²) in [6.07, 6.45) is 4.19. The second-order valence-corrected chi connectivity index (χ2v) is 6.98. The molecule has 0 heterocycles. The lowest BCUT2D eigenvalue weighted by Crippen LogP contribution is -2.57. The first kappa shape index (κ1) is 13.8. The zero-order chi connectivity index (χ0) is 13.8. The van der Waals surface area contributed by atoms with E-state index in [1.807, 2.05) is 13.8 Å². The Balaban J connectivity index is 2.38. The van der Waals surface area contributed by atoms with Gasteiger partial charge >= 0.3 is 0 Å². The standard InChI is InChI=1S/C15H24O3/c1-10-7-12(16)9-14(4)6-5-11(13(2,3)17)8-15(10,14)18/h7,11,17-18H,5-6,8-9H2,1-4H3/t11-,14+,15-/m1/s1. The van der Waals surface area contributed by atoms with Crippen molar-refractivity contribution < 1.29 is 15.0 Å². The van der Waals surface area contributed by atoms with Crippen molar-refractivity contribution >= 4 is 5.78 Å². The zero-order valence-corrected chi connectivity index (χ0v) is 11.8. The highest BCUT2D eigenvalue weighted by Gasteiger charge is 2.56. The molecule has 18 heavy (non-hydrogen) atoms. The highest BCUT2D eigenvalue weighted by Crippen LogP contribution is 2.55. The molecule has 1 saturated carbocycles. The lowest BCUT2D eigenvalue weighted by Gasteiger charge is -2.55. The Morgan fingerprint density at radius 3 is 2.61 bits per heavy atom. The second kappa shape index (κ2) is 3.91. The van der Waals surface area contributed by atoms with Crippen LogP contribution in [0.1, 0.15) is 53.4 Å². The van der Waals surface area contributed by atoms with Crippen LogP contribution in [0, 0.1) is 11.3 Å². The molecule has 2 N–H and O–H groups in total. The van der Waals surface area contributed by atoms with Gasteiger partial charge in [-0.1, -0.05) is 6.92 Å². The number of hydrogen-bond donors (Lipinski definition) is 2. The maximum absolute atomic E-state index is 11.7. The lowest BCUT2D eigenvalue weighted by molar-refractivity contribution is -0.146. The Morgan fingerprint density at radius 1 is 1.44 bits per heavy atom. The van der Waals surface area contributed by atoms with Crippen molar-refractivity contribution in [2.45, 2.75) is 64.6 Å². The monoisotopic (exact) mass is 252 g/mol. The van der Waals surface area contributed by atoms with Crippen molar-refractivity contribution in [2.24, 2.45) is 11.3 Å². The van der Waals surface area contributed by atoms with E-state index in [-0.39, 0.29) is 17.1 Å². The Morgan fingerprint density at radius 2 is 2.06 bits per heavy atom. The highest BCUT2D eigenvalue weighted by molar-refractivity contribution is 5.92. The van der Waals surface area contributed by atoms with Crippen LogP contribution >= 0.6 is 0 Å². The van der Waals surface area contributed by atoms with Crippen molar-refractivity contribution in [1.29, 1.82) is 0 Å². The number of carbonyl (C=O) groups is 1. The largest absolute Gasteiger partial charge is 0.390 e. The van der Waals surface area contributed by atoms with E-state index in [0.717, 1.165) is 18.4 Å². The summed E-state index contributed by atoms with van der Waals surface area (Å²) >= 11 is 0. The van der Waals surface area contributed by atoms with Crippen LogP contribution in [-0.4, -0.2) is 27.2 Å². The van der Waals surface area contributed by atoms with Gasteiger partial charge in [0.25, 0.3) is 0 Å². The molecule has 102 valence electrons. The lowest BCUT2D eigenvalue weighted by atomic mass is 9.53. The molecular weight excluding hydrogens is 228 g/mol. The van der Waals surface area contributed by atoms with E-state index < -0.39 is 11.2 Å². The molecule has 0 spiro atoms. The molecule has 0 aromatic carbocycles. The van der Waals surface area contributed by atoms with Gasteiger partial charge in [-0.3, -0.25) is 4.79 Å². The first-order valence-electron chi connectivity index (χ1n) is 6.75. The molecule has 0 amide bonds. The topological polar surface area (TPSA) is 57.5 Å². The minimum atomic E-state index is -0.941. The first-order chi connectivity index (χ1) is 8.08. The Labute approximate surface area is 109 Å². The number of rotatable bonds is 1. The van der Waals surface area contributed by atoms with Gasteiger partial charge in [0, 0.05) is 11.8 Å². The van der Waals surface area contributed by atoms with Crippen molar-refractivity contribution in [1.82, 2.24) is 0 Å². The summed E-state index contributed by atoms with van der Waals surface area (Å²) in [6.45, 7) is 7.44. The minimum Gasteiger partial charge on any atom is -0.390 e. The summed E-state index contributed by atoms with van der Waals surface area (Å²) < 4.78 is 0. The smallest absolute Gasteiger partial charge is 0.156 e. The Bertz CT molecular complexity index is 404. The maximum Gasteiger partial charge on any atom is 0.156 e. The highest BCUT2D eigenvalue weighted by atomic mass is 16.3. The molecule has 2 aliphatic carbocycles. The van der Waals surface area contributed by atoms with Crippen LogP contribution in [-0.2, 0) is 4.79 Å². The summed E-state index contributed by atoms with van der Waals surface area (Å²) in [5.74, 6) is 0.188.